The first-order valence-electron chi connectivity index (χ1n) is 15.8. The van der Waals surface area contributed by atoms with Crippen LogP contribution in [0.25, 0.3) is 0 Å². The molecule has 0 N–H and O–H groups in total. The number of rotatable bonds is 12. The quantitative estimate of drug-likeness (QED) is 0.195. The van der Waals surface area contributed by atoms with Crippen LogP contribution < -0.4 is 0 Å². The molecule has 2 fully saturated rings. The third-order valence-electron chi connectivity index (χ3n) is 9.53. The van der Waals surface area contributed by atoms with Crippen molar-refractivity contribution in [1.29, 1.82) is 0 Å². The van der Waals surface area contributed by atoms with Crippen molar-refractivity contribution >= 4 is 17.3 Å². The van der Waals surface area contributed by atoms with Gasteiger partial charge in [-0.2, -0.15) is 0 Å². The maximum absolute atomic E-state index is 14.2. The van der Waals surface area contributed by atoms with Crippen LogP contribution in [0.2, 0.25) is 0 Å². The van der Waals surface area contributed by atoms with E-state index in [0.717, 1.165) is 13.8 Å². The van der Waals surface area contributed by atoms with Crippen molar-refractivity contribution in [1.82, 2.24) is 0 Å². The van der Waals surface area contributed by atoms with Crippen molar-refractivity contribution in [3.8, 4) is 0 Å². The number of Topliss-reactive ketones (excluding diaryl/α,β-unsaturated/α-hetero) is 3. The number of carbonyl (C=O) groups excluding carboxylic acids is 3. The molecule has 0 spiro atoms. The van der Waals surface area contributed by atoms with Gasteiger partial charge in [0.2, 0.25) is 5.92 Å². The maximum atomic E-state index is 14.2. The zero-order valence-corrected chi connectivity index (χ0v) is 28.1. The maximum Gasteiger partial charge on any atom is 0.256 e. The Morgan fingerprint density at radius 2 is 1.47 bits per heavy atom. The smallest absolute Gasteiger partial charge is 0.256 e. The molecule has 9 unspecified atom stereocenters. The van der Waals surface area contributed by atoms with Crippen molar-refractivity contribution in [2.75, 3.05) is 6.67 Å². The summed E-state index contributed by atoms with van der Waals surface area (Å²) in [7, 11) is 0. The van der Waals surface area contributed by atoms with Crippen LogP contribution in [-0.4, -0.2) is 53.6 Å². The molecule has 2 aliphatic rings. The summed E-state index contributed by atoms with van der Waals surface area (Å²) in [6.45, 7) is 11.2. The third-order valence-corrected chi connectivity index (χ3v) is 9.53. The molecule has 2 aliphatic carbocycles. The summed E-state index contributed by atoms with van der Waals surface area (Å²) in [5, 5.41) is 0. The second-order valence-electron chi connectivity index (χ2n) is 13.5. The standard InChI is InChI=1S/2C11H17F3O.C11H19F3O/c1-4-11(14)6-8(7(2)15)5-9(11)10(3,12)13;1-4-8-5-9(7(3)15)10(12)6(2)11(8,13)14;1-8(7-12)6-10(9(2)15)4-5-11(3,13)14/h8-9H,4-6H2,1-3H3;6,8-10H,4-5H2,1-3H3;8,10H,4-7H2,1-3H3. The first-order valence-corrected chi connectivity index (χ1v) is 15.8. The van der Waals surface area contributed by atoms with E-state index in [4.69, 9.17) is 0 Å². The Morgan fingerprint density at radius 3 is 1.80 bits per heavy atom. The molecule has 0 aromatic carbocycles. The lowest BCUT2D eigenvalue weighted by atomic mass is 9.69. The molecule has 0 radical (unpaired) electrons. The molecule has 0 saturated heterocycles. The van der Waals surface area contributed by atoms with Crippen LogP contribution in [0.5, 0.6) is 0 Å². The Kier molecular flexibility index (Phi) is 16.9. The number of alkyl halides is 9. The molecular formula is C33H53F9O3. The van der Waals surface area contributed by atoms with Gasteiger partial charge < -0.3 is 0 Å². The molecule has 0 amide bonds. The fraction of sp³-hybridized carbons (Fsp3) is 0.909. The summed E-state index contributed by atoms with van der Waals surface area (Å²) >= 11 is 0. The van der Waals surface area contributed by atoms with Gasteiger partial charge in [0, 0.05) is 30.1 Å². The predicted molar refractivity (Wildman–Crippen MR) is 157 cm³/mol. The highest BCUT2D eigenvalue weighted by molar-refractivity contribution is 5.79. The molecule has 0 bridgehead atoms. The minimum absolute atomic E-state index is 0.0235. The third kappa shape index (κ3) is 13.2. The van der Waals surface area contributed by atoms with Crippen molar-refractivity contribution < 1.29 is 53.9 Å². The summed E-state index contributed by atoms with van der Waals surface area (Å²) in [4.78, 5) is 33.4. The van der Waals surface area contributed by atoms with E-state index >= 15 is 0 Å². The molecule has 45 heavy (non-hydrogen) atoms. The van der Waals surface area contributed by atoms with Gasteiger partial charge in [-0.1, -0.05) is 27.7 Å². The normalized spacial score (nSPS) is 31.1. The Labute approximate surface area is 262 Å². The number of hydrogen-bond donors (Lipinski definition) is 0. The van der Waals surface area contributed by atoms with Crippen LogP contribution in [0.4, 0.5) is 39.5 Å². The van der Waals surface area contributed by atoms with Gasteiger partial charge in [-0.25, -0.2) is 35.1 Å². The summed E-state index contributed by atoms with van der Waals surface area (Å²) in [5.41, 5.74) is -1.88. The van der Waals surface area contributed by atoms with Crippen molar-refractivity contribution in [2.45, 2.75) is 143 Å². The van der Waals surface area contributed by atoms with E-state index in [1.54, 1.807) is 20.8 Å². The van der Waals surface area contributed by atoms with Gasteiger partial charge in [-0.3, -0.25) is 18.8 Å². The van der Waals surface area contributed by atoms with Crippen LogP contribution >= 0.6 is 0 Å². The van der Waals surface area contributed by atoms with Gasteiger partial charge >= 0.3 is 0 Å². The minimum atomic E-state index is -3.05. The van der Waals surface area contributed by atoms with E-state index in [1.807, 2.05) is 0 Å². The van der Waals surface area contributed by atoms with Gasteiger partial charge in [0.15, 0.2) is 0 Å². The molecule has 0 heterocycles. The van der Waals surface area contributed by atoms with Crippen molar-refractivity contribution in [3.63, 3.8) is 0 Å². The molecule has 2 saturated carbocycles. The minimum Gasteiger partial charge on any atom is -0.300 e. The highest BCUT2D eigenvalue weighted by atomic mass is 19.3. The van der Waals surface area contributed by atoms with Gasteiger partial charge in [0.05, 0.1) is 18.5 Å². The second-order valence-corrected chi connectivity index (χ2v) is 13.5. The molecular weight excluding hydrogens is 615 g/mol. The number of hydrogen-bond acceptors (Lipinski definition) is 3. The fourth-order valence-corrected chi connectivity index (χ4v) is 6.31. The first kappa shape index (κ1) is 43.4. The molecule has 0 aromatic heterocycles. The topological polar surface area (TPSA) is 51.2 Å². The zero-order valence-electron chi connectivity index (χ0n) is 28.1. The number of ketones is 3. The SMILES string of the molecule is CC(=O)C(CCC(C)(F)F)CC(C)CF.CCC1(F)CC(C(C)=O)CC1C(C)(F)F.CCC1CC(C(C)=O)C(F)C(C)C1(F)F. The predicted octanol–water partition coefficient (Wildman–Crippen LogP) is 10.2. The van der Waals surface area contributed by atoms with E-state index in [-0.39, 0.29) is 68.2 Å². The van der Waals surface area contributed by atoms with Crippen LogP contribution in [0.3, 0.4) is 0 Å². The monoisotopic (exact) mass is 668 g/mol. The van der Waals surface area contributed by atoms with E-state index in [2.05, 4.69) is 0 Å². The Morgan fingerprint density at radius 1 is 0.933 bits per heavy atom. The van der Waals surface area contributed by atoms with Crippen LogP contribution in [0.1, 0.15) is 114 Å². The van der Waals surface area contributed by atoms with E-state index in [9.17, 15) is 53.9 Å². The zero-order chi connectivity index (χ0) is 35.7. The van der Waals surface area contributed by atoms with E-state index in [1.165, 1.54) is 27.7 Å². The lowest BCUT2D eigenvalue weighted by Crippen LogP contribution is -2.50. The molecule has 12 heteroatoms. The van der Waals surface area contributed by atoms with Crippen LogP contribution in [0.15, 0.2) is 0 Å². The molecule has 266 valence electrons. The average Bonchev–Trinajstić information content (AvgIpc) is 3.28. The summed E-state index contributed by atoms with van der Waals surface area (Å²) in [5.74, 6) is -15.0. The summed E-state index contributed by atoms with van der Waals surface area (Å²) in [6.07, 6.45) is -1.28. The largest absolute Gasteiger partial charge is 0.300 e. The Bertz CT molecular complexity index is 931. The fourth-order valence-electron chi connectivity index (χ4n) is 6.31. The van der Waals surface area contributed by atoms with E-state index in [0.29, 0.717) is 6.42 Å². The van der Waals surface area contributed by atoms with Crippen molar-refractivity contribution in [2.24, 2.45) is 41.4 Å². The first-order chi connectivity index (χ1) is 20.3. The lowest BCUT2D eigenvalue weighted by Gasteiger charge is -2.41. The summed E-state index contributed by atoms with van der Waals surface area (Å²) in [6, 6.07) is 0. The Hall–Kier alpha value is -1.62. The molecule has 9 atom stereocenters. The number of halogens is 9. The van der Waals surface area contributed by atoms with Gasteiger partial charge in [0.25, 0.3) is 11.8 Å². The Balaban J connectivity index is 0.000000645. The van der Waals surface area contributed by atoms with Gasteiger partial charge in [-0.05, 0) is 85.5 Å². The molecule has 0 aromatic rings. The van der Waals surface area contributed by atoms with E-state index < -0.39 is 71.8 Å². The van der Waals surface area contributed by atoms with Gasteiger partial charge in [-0.15, -0.1) is 0 Å². The van der Waals surface area contributed by atoms with Crippen LogP contribution in [0, 0.1) is 41.4 Å². The van der Waals surface area contributed by atoms with Gasteiger partial charge in [0.1, 0.15) is 29.2 Å². The second kappa shape index (κ2) is 17.5. The number of carbonyl (C=O) groups is 3. The molecule has 0 aliphatic heterocycles. The van der Waals surface area contributed by atoms with Crippen molar-refractivity contribution in [3.05, 3.63) is 0 Å². The van der Waals surface area contributed by atoms with Crippen LogP contribution in [-0.2, 0) is 14.4 Å². The molecule has 3 nitrogen and oxygen atoms in total. The summed E-state index contributed by atoms with van der Waals surface area (Å²) < 4.78 is 119. The lowest BCUT2D eigenvalue weighted by molar-refractivity contribution is -0.171. The highest BCUT2D eigenvalue weighted by Crippen LogP contribution is 2.51. The highest BCUT2D eigenvalue weighted by Gasteiger charge is 2.57. The average molecular weight is 669 g/mol. The molecule has 2 rings (SSSR count).